The molecule has 7 heteroatoms. The number of fused-ring (bicyclic) bond motifs is 3. The lowest BCUT2D eigenvalue weighted by Crippen LogP contribution is -2.38. The van der Waals surface area contributed by atoms with Gasteiger partial charge in [0.2, 0.25) is 0 Å². The molecule has 0 N–H and O–H groups in total. The molecule has 6 nitrogen and oxygen atoms in total. The van der Waals surface area contributed by atoms with Gasteiger partial charge >= 0.3 is 0 Å². The second-order valence-corrected chi connectivity index (χ2v) is 10.7. The van der Waals surface area contributed by atoms with Crippen molar-refractivity contribution in [3.8, 4) is 11.5 Å². The van der Waals surface area contributed by atoms with Gasteiger partial charge in [-0.1, -0.05) is 53.8 Å². The molecule has 0 bridgehead atoms. The van der Waals surface area contributed by atoms with E-state index in [-0.39, 0.29) is 11.6 Å². The van der Waals surface area contributed by atoms with E-state index in [1.54, 1.807) is 14.2 Å². The average molecular weight is 524 g/mol. The summed E-state index contributed by atoms with van der Waals surface area (Å²) in [6, 6.07) is 22.3. The minimum atomic E-state index is -0.271. The number of aromatic nitrogens is 1. The number of ether oxygens (including phenoxy) is 2. The van der Waals surface area contributed by atoms with Crippen LogP contribution in [0.3, 0.4) is 0 Å². The van der Waals surface area contributed by atoms with Crippen molar-refractivity contribution in [1.29, 1.82) is 0 Å². The van der Waals surface area contributed by atoms with Crippen molar-refractivity contribution in [3.63, 3.8) is 0 Å². The molecule has 3 aromatic carbocycles. The van der Waals surface area contributed by atoms with Crippen LogP contribution in [0.1, 0.15) is 34.7 Å². The predicted octanol–water partition coefficient (Wildman–Crippen LogP) is 4.40. The molecule has 0 saturated carbocycles. The Hall–Kier alpha value is -4.10. The number of aryl methyl sites for hydroxylation is 1. The number of thiazole rings is 1. The Morgan fingerprint density at radius 1 is 0.974 bits per heavy atom. The van der Waals surface area contributed by atoms with Crippen LogP contribution in [0, 0.1) is 0 Å². The van der Waals surface area contributed by atoms with E-state index in [1.807, 2.05) is 55.1 Å². The number of hydrogen-bond acceptors (Lipinski definition) is 6. The number of methoxy groups -OCH3 is 2. The first kappa shape index (κ1) is 24.2. The highest BCUT2D eigenvalue weighted by atomic mass is 32.1. The van der Waals surface area contributed by atoms with Crippen LogP contribution in [0.5, 0.6) is 11.5 Å². The third-order valence-corrected chi connectivity index (χ3v) is 8.29. The molecular formula is C31H29N3O3S. The van der Waals surface area contributed by atoms with E-state index >= 15 is 0 Å². The minimum Gasteiger partial charge on any atom is -0.493 e. The molecule has 1 aliphatic carbocycles. The maximum absolute atomic E-state index is 14.0. The van der Waals surface area contributed by atoms with Gasteiger partial charge in [-0.25, -0.2) is 4.99 Å². The highest BCUT2D eigenvalue weighted by Gasteiger charge is 2.33. The molecule has 0 spiro atoms. The lowest BCUT2D eigenvalue weighted by Gasteiger charge is -2.31. The molecule has 2 heterocycles. The van der Waals surface area contributed by atoms with Gasteiger partial charge in [0.05, 0.1) is 30.5 Å². The van der Waals surface area contributed by atoms with E-state index in [0.717, 1.165) is 46.5 Å². The van der Waals surface area contributed by atoms with Crippen LogP contribution < -0.4 is 29.3 Å². The summed E-state index contributed by atoms with van der Waals surface area (Å²) in [6.07, 6.45) is 3.72. The molecule has 1 atom stereocenters. The fourth-order valence-electron chi connectivity index (χ4n) is 5.37. The lowest BCUT2D eigenvalue weighted by atomic mass is 9.83. The number of hydrogen-bond donors (Lipinski definition) is 0. The summed E-state index contributed by atoms with van der Waals surface area (Å²) in [6.45, 7) is 0. The van der Waals surface area contributed by atoms with Gasteiger partial charge in [-0.05, 0) is 65.4 Å². The topological polar surface area (TPSA) is 56.1 Å². The van der Waals surface area contributed by atoms with Gasteiger partial charge in [0, 0.05) is 25.3 Å². The Kier molecular flexibility index (Phi) is 6.16. The zero-order valence-electron chi connectivity index (χ0n) is 21.9. The van der Waals surface area contributed by atoms with Gasteiger partial charge in [-0.3, -0.25) is 9.36 Å². The fourth-order valence-corrected chi connectivity index (χ4v) is 6.37. The van der Waals surface area contributed by atoms with Crippen molar-refractivity contribution >= 4 is 28.8 Å². The summed E-state index contributed by atoms with van der Waals surface area (Å²) < 4.78 is 13.6. The first-order chi connectivity index (χ1) is 18.5. The van der Waals surface area contributed by atoms with Crippen molar-refractivity contribution in [1.82, 2.24) is 4.57 Å². The minimum absolute atomic E-state index is 0.0318. The molecule has 38 heavy (non-hydrogen) atoms. The second-order valence-electron chi connectivity index (χ2n) is 9.71. The molecule has 192 valence electrons. The molecule has 0 saturated heterocycles. The fraction of sp³-hybridized carbons (Fsp3) is 0.226. The zero-order valence-corrected chi connectivity index (χ0v) is 22.7. The van der Waals surface area contributed by atoms with E-state index in [4.69, 9.17) is 14.5 Å². The zero-order chi connectivity index (χ0) is 26.4. The van der Waals surface area contributed by atoms with Crippen LogP contribution >= 0.6 is 11.3 Å². The van der Waals surface area contributed by atoms with E-state index in [2.05, 4.69) is 41.3 Å². The Morgan fingerprint density at radius 3 is 2.47 bits per heavy atom. The monoisotopic (exact) mass is 523 g/mol. The Morgan fingerprint density at radius 2 is 1.74 bits per heavy atom. The summed E-state index contributed by atoms with van der Waals surface area (Å²) >= 11 is 1.44. The van der Waals surface area contributed by atoms with E-state index in [9.17, 15) is 4.79 Å². The maximum atomic E-state index is 14.0. The van der Waals surface area contributed by atoms with Gasteiger partial charge in [0.1, 0.15) is 0 Å². The average Bonchev–Trinajstić information content (AvgIpc) is 3.25. The molecule has 0 fully saturated rings. The molecule has 1 aromatic heterocycles. The number of anilines is 1. The smallest absolute Gasteiger partial charge is 0.271 e. The largest absolute Gasteiger partial charge is 0.493 e. The lowest BCUT2D eigenvalue weighted by molar-refractivity contribution is 0.354. The molecule has 1 aliphatic heterocycles. The maximum Gasteiger partial charge on any atom is 0.271 e. The molecule has 0 unspecified atom stereocenters. The highest BCUT2D eigenvalue weighted by molar-refractivity contribution is 7.07. The second kappa shape index (κ2) is 9.65. The van der Waals surface area contributed by atoms with E-state index in [1.165, 1.54) is 16.9 Å². The standard InChI is InChI=1S/C31H29N3O3S/c1-33(2)22-13-9-19(10-14-22)17-27-30(35)34-29(21-12-16-25(36-3)26(18-21)37-4)24-15-11-20-7-5-6-8-23(20)28(24)32-31(34)38-27/h5-10,12-14,16-18,29H,11,15H2,1-4H3/b27-17+/t29-/m0/s1. The van der Waals surface area contributed by atoms with Crippen molar-refractivity contribution in [2.75, 3.05) is 33.2 Å². The molecule has 2 aliphatic rings. The summed E-state index contributed by atoms with van der Waals surface area (Å²) in [7, 11) is 7.29. The van der Waals surface area contributed by atoms with E-state index < -0.39 is 0 Å². The molecule has 0 radical (unpaired) electrons. The van der Waals surface area contributed by atoms with Crippen LogP contribution in [0.25, 0.3) is 11.8 Å². The van der Waals surface area contributed by atoms with Gasteiger partial charge < -0.3 is 14.4 Å². The van der Waals surface area contributed by atoms with E-state index in [0.29, 0.717) is 20.8 Å². The van der Waals surface area contributed by atoms with Gasteiger partial charge in [-0.2, -0.15) is 0 Å². The normalized spacial score (nSPS) is 16.3. The molecule has 6 rings (SSSR count). The summed E-state index contributed by atoms with van der Waals surface area (Å²) in [5, 5.41) is 0. The van der Waals surface area contributed by atoms with Gasteiger partial charge in [-0.15, -0.1) is 0 Å². The van der Waals surface area contributed by atoms with Crippen molar-refractivity contribution in [2.24, 2.45) is 4.99 Å². The Labute approximate surface area is 225 Å². The Balaban J connectivity index is 1.58. The van der Waals surface area contributed by atoms with Crippen molar-refractivity contribution in [3.05, 3.63) is 114 Å². The molecular weight excluding hydrogens is 494 g/mol. The summed E-state index contributed by atoms with van der Waals surface area (Å²) in [5.41, 5.74) is 7.63. The summed E-state index contributed by atoms with van der Waals surface area (Å²) in [5.74, 6) is 1.30. The highest BCUT2D eigenvalue weighted by Crippen LogP contribution is 2.42. The quantitative estimate of drug-likeness (QED) is 0.389. The summed E-state index contributed by atoms with van der Waals surface area (Å²) in [4.78, 5) is 21.8. The number of nitrogens with zero attached hydrogens (tertiary/aromatic N) is 3. The van der Waals surface area contributed by atoms with Crippen LogP contribution in [0.2, 0.25) is 0 Å². The van der Waals surface area contributed by atoms with Crippen LogP contribution in [-0.4, -0.2) is 32.9 Å². The number of rotatable bonds is 5. The van der Waals surface area contributed by atoms with Crippen LogP contribution in [-0.2, 0) is 6.42 Å². The third-order valence-electron chi connectivity index (χ3n) is 7.30. The van der Waals surface area contributed by atoms with Crippen LogP contribution in [0.15, 0.2) is 82.1 Å². The number of benzene rings is 3. The Bertz CT molecular complexity index is 1750. The SMILES string of the molecule is COc1ccc([C@H]2C3=C(N=c4s/c(=C/c5ccc(N(C)C)cc5)c(=O)n42)c2ccccc2CC3)cc1OC. The molecule has 4 aromatic rings. The molecule has 0 amide bonds. The van der Waals surface area contributed by atoms with Crippen molar-refractivity contribution in [2.45, 2.75) is 18.9 Å². The van der Waals surface area contributed by atoms with Crippen molar-refractivity contribution < 1.29 is 9.47 Å². The van der Waals surface area contributed by atoms with Crippen LogP contribution in [0.4, 0.5) is 5.69 Å². The first-order valence-electron chi connectivity index (χ1n) is 12.6. The third kappa shape index (κ3) is 4.03. The first-order valence-corrected chi connectivity index (χ1v) is 13.4. The predicted molar refractivity (Wildman–Crippen MR) is 153 cm³/mol. The van der Waals surface area contributed by atoms with Gasteiger partial charge in [0.15, 0.2) is 16.3 Å². The van der Waals surface area contributed by atoms with Gasteiger partial charge in [0.25, 0.3) is 5.56 Å². The number of allylic oxidation sites excluding steroid dienone is 1.